The molecule has 2 heterocycles. The number of imide groups is 1. The second-order valence-electron chi connectivity index (χ2n) is 5.29. The number of aliphatic imine (C=N–C) groups is 1. The molecule has 2 amide bonds. The summed E-state index contributed by atoms with van der Waals surface area (Å²) in [7, 11) is 0. The van der Waals surface area contributed by atoms with E-state index in [9.17, 15) is 27.9 Å². The van der Waals surface area contributed by atoms with Gasteiger partial charge in [0.1, 0.15) is 0 Å². The van der Waals surface area contributed by atoms with Crippen molar-refractivity contribution >= 4 is 45.3 Å². The monoisotopic (exact) mass is 412 g/mol. The number of carbonyl (C=O) groups excluding carboxylic acids is 2. The zero-order chi connectivity index (χ0) is 19.6. The standard InChI is InChI=1S/C16H10F3N3O3S2/c17-16(18,19)9-3-1-2-8(4-9)5-10-7-20-14(26-10)21-12(23)6-11-13(24)22-15(25)27-11/h1-4,6-7H,5H2,(H,20,21,23)(H,22,24,25)/p-1/b11-6-. The molecule has 1 aliphatic heterocycles. The Morgan fingerprint density at radius 3 is 2.78 bits per heavy atom. The minimum absolute atomic E-state index is 0.0607. The fraction of sp³-hybridized carbons (Fsp3) is 0.125. The maximum Gasteiger partial charge on any atom is 0.416 e. The summed E-state index contributed by atoms with van der Waals surface area (Å²) in [4.78, 5) is 30.6. The van der Waals surface area contributed by atoms with E-state index in [-0.39, 0.29) is 16.5 Å². The lowest BCUT2D eigenvalue weighted by Crippen LogP contribution is -2.20. The third-order valence-electron chi connectivity index (χ3n) is 3.28. The summed E-state index contributed by atoms with van der Waals surface area (Å²) in [6, 6.07) is 4.93. The van der Waals surface area contributed by atoms with Crippen molar-refractivity contribution in [2.75, 3.05) is 0 Å². The van der Waals surface area contributed by atoms with E-state index in [1.165, 1.54) is 12.3 Å². The number of hydrogen-bond acceptors (Lipinski definition) is 7. The molecule has 11 heteroatoms. The van der Waals surface area contributed by atoms with Crippen molar-refractivity contribution in [3.63, 3.8) is 0 Å². The zero-order valence-electron chi connectivity index (χ0n) is 13.2. The molecule has 0 radical (unpaired) electrons. The first kappa shape index (κ1) is 19.1. The quantitative estimate of drug-likeness (QED) is 0.473. The highest BCUT2D eigenvalue weighted by molar-refractivity contribution is 8.18. The minimum atomic E-state index is -4.42. The van der Waals surface area contributed by atoms with Crippen LogP contribution in [-0.2, 0) is 17.4 Å². The molecule has 0 unspecified atom stereocenters. The number of carbonyl (C=O) groups is 2. The van der Waals surface area contributed by atoms with E-state index in [0.717, 1.165) is 29.5 Å². The van der Waals surface area contributed by atoms with E-state index in [0.29, 0.717) is 22.2 Å². The number of nitrogens with one attached hydrogen (secondary N) is 1. The first-order chi connectivity index (χ1) is 12.7. The van der Waals surface area contributed by atoms with E-state index in [1.54, 1.807) is 6.07 Å². The Bertz CT molecular complexity index is 967. The molecule has 1 saturated heterocycles. The van der Waals surface area contributed by atoms with Crippen LogP contribution in [-0.4, -0.2) is 22.0 Å². The summed E-state index contributed by atoms with van der Waals surface area (Å²) in [5.74, 6) is -1.43. The van der Waals surface area contributed by atoms with Gasteiger partial charge in [0.05, 0.1) is 10.5 Å². The third-order valence-corrected chi connectivity index (χ3v) is 4.98. The number of alkyl halides is 3. The van der Waals surface area contributed by atoms with Gasteiger partial charge in [-0.25, -0.2) is 9.98 Å². The SMILES string of the molecule is O=C1NC(=O)/C(=C/C([O-])=N/c2ncc(Cc3cccc(C(F)(F)F)c3)s2)S1. The van der Waals surface area contributed by atoms with Crippen LogP contribution in [0.5, 0.6) is 0 Å². The first-order valence-corrected chi connectivity index (χ1v) is 8.95. The Hall–Kier alpha value is -2.66. The van der Waals surface area contributed by atoms with Gasteiger partial charge in [0.2, 0.25) is 5.13 Å². The average molecular weight is 412 g/mol. The Labute approximate surface area is 158 Å². The first-order valence-electron chi connectivity index (χ1n) is 7.32. The molecule has 1 aromatic carbocycles. The van der Waals surface area contributed by atoms with Gasteiger partial charge in [-0.05, 0) is 35.4 Å². The number of aromatic nitrogens is 1. The van der Waals surface area contributed by atoms with Crippen molar-refractivity contribution in [1.82, 2.24) is 10.3 Å². The van der Waals surface area contributed by atoms with Crippen molar-refractivity contribution in [2.45, 2.75) is 12.6 Å². The molecule has 6 nitrogen and oxygen atoms in total. The molecule has 0 bridgehead atoms. The second-order valence-corrected chi connectivity index (χ2v) is 7.39. The molecular formula is C16H9F3N3O3S2-. The molecular weight excluding hydrogens is 403 g/mol. The van der Waals surface area contributed by atoms with Crippen molar-refractivity contribution in [3.05, 3.63) is 57.4 Å². The lowest BCUT2D eigenvalue weighted by Gasteiger charge is -2.07. The van der Waals surface area contributed by atoms with Gasteiger partial charge in [-0.15, -0.1) is 0 Å². The number of nitrogens with zero attached hydrogens (tertiary/aromatic N) is 2. The van der Waals surface area contributed by atoms with Crippen LogP contribution in [0.3, 0.4) is 0 Å². The second kappa shape index (κ2) is 7.53. The topological polar surface area (TPSA) is 94.5 Å². The van der Waals surface area contributed by atoms with Gasteiger partial charge < -0.3 is 5.11 Å². The van der Waals surface area contributed by atoms with Crippen molar-refractivity contribution in [3.8, 4) is 0 Å². The summed E-state index contributed by atoms with van der Waals surface area (Å²) in [5, 5.41) is 13.4. The molecule has 2 aromatic rings. The number of halogens is 3. The predicted molar refractivity (Wildman–Crippen MR) is 92.7 cm³/mol. The van der Waals surface area contributed by atoms with Crippen LogP contribution in [0.25, 0.3) is 0 Å². The number of thiazole rings is 1. The fourth-order valence-electron chi connectivity index (χ4n) is 2.15. The van der Waals surface area contributed by atoms with Crippen LogP contribution in [0.1, 0.15) is 16.0 Å². The molecule has 3 rings (SSSR count). The van der Waals surface area contributed by atoms with Crippen LogP contribution in [0.2, 0.25) is 0 Å². The maximum absolute atomic E-state index is 12.8. The molecule has 0 atom stereocenters. The molecule has 0 saturated carbocycles. The van der Waals surface area contributed by atoms with Crippen molar-refractivity contribution in [2.24, 2.45) is 4.99 Å². The van der Waals surface area contributed by atoms with Crippen LogP contribution in [0.15, 0.2) is 46.4 Å². The fourth-order valence-corrected chi connectivity index (χ4v) is 3.62. The largest absolute Gasteiger partial charge is 0.859 e. The Kier molecular flexibility index (Phi) is 5.33. The van der Waals surface area contributed by atoms with E-state index in [4.69, 9.17) is 0 Å². The van der Waals surface area contributed by atoms with E-state index < -0.39 is 28.8 Å². The smallest absolute Gasteiger partial charge is 0.416 e. The Balaban J connectivity index is 1.73. The van der Waals surface area contributed by atoms with Crippen LogP contribution < -0.4 is 10.4 Å². The maximum atomic E-state index is 12.8. The summed E-state index contributed by atoms with van der Waals surface area (Å²) in [6.07, 6.45) is -1.86. The normalized spacial score (nSPS) is 16.9. The lowest BCUT2D eigenvalue weighted by atomic mass is 10.1. The van der Waals surface area contributed by atoms with Gasteiger partial charge in [-0.3, -0.25) is 14.9 Å². The highest BCUT2D eigenvalue weighted by Gasteiger charge is 2.30. The molecule has 1 fully saturated rings. The molecule has 0 aliphatic carbocycles. The van der Waals surface area contributed by atoms with Crippen LogP contribution in [0, 0.1) is 0 Å². The summed E-state index contributed by atoms with van der Waals surface area (Å²) in [6.45, 7) is 0. The minimum Gasteiger partial charge on any atom is -0.859 e. The van der Waals surface area contributed by atoms with Crippen LogP contribution in [0.4, 0.5) is 23.1 Å². The van der Waals surface area contributed by atoms with E-state index in [2.05, 4.69) is 9.98 Å². The molecule has 140 valence electrons. The summed E-state index contributed by atoms with van der Waals surface area (Å²) in [5.41, 5.74) is -0.288. The Morgan fingerprint density at radius 1 is 1.33 bits per heavy atom. The Morgan fingerprint density at radius 2 is 2.11 bits per heavy atom. The van der Waals surface area contributed by atoms with E-state index >= 15 is 0 Å². The average Bonchev–Trinajstić information content (AvgIpc) is 3.13. The van der Waals surface area contributed by atoms with E-state index in [1.807, 2.05) is 5.32 Å². The van der Waals surface area contributed by atoms with Gasteiger partial charge >= 0.3 is 6.18 Å². The van der Waals surface area contributed by atoms with Crippen molar-refractivity contribution < 1.29 is 27.9 Å². The highest BCUT2D eigenvalue weighted by atomic mass is 32.2. The molecule has 0 spiro atoms. The summed E-state index contributed by atoms with van der Waals surface area (Å²) >= 11 is 1.64. The lowest BCUT2D eigenvalue weighted by molar-refractivity contribution is -0.211. The third kappa shape index (κ3) is 4.95. The molecule has 1 N–H and O–H groups in total. The summed E-state index contributed by atoms with van der Waals surface area (Å²) < 4.78 is 38.3. The number of rotatable bonds is 4. The number of hydrogen-bond donors (Lipinski definition) is 1. The van der Waals surface area contributed by atoms with Gasteiger partial charge in [0.25, 0.3) is 11.1 Å². The predicted octanol–water partition coefficient (Wildman–Crippen LogP) is 3.01. The highest BCUT2D eigenvalue weighted by Crippen LogP contribution is 2.31. The van der Waals surface area contributed by atoms with Gasteiger partial charge in [0.15, 0.2) is 0 Å². The van der Waals surface area contributed by atoms with Crippen LogP contribution >= 0.6 is 23.1 Å². The van der Waals surface area contributed by atoms with Gasteiger partial charge in [-0.2, -0.15) is 13.2 Å². The number of benzene rings is 1. The van der Waals surface area contributed by atoms with Gasteiger partial charge in [0, 0.05) is 17.5 Å². The molecule has 27 heavy (non-hydrogen) atoms. The zero-order valence-corrected chi connectivity index (χ0v) is 14.9. The number of thioether (sulfide) groups is 1. The molecule has 1 aromatic heterocycles. The van der Waals surface area contributed by atoms with Gasteiger partial charge in [-0.1, -0.05) is 29.5 Å². The molecule has 1 aliphatic rings. The van der Waals surface area contributed by atoms with Crippen molar-refractivity contribution in [1.29, 1.82) is 0 Å². The number of amides is 2.